The van der Waals surface area contributed by atoms with Gasteiger partial charge >= 0.3 is 0 Å². The number of hydrogen-bond acceptors (Lipinski definition) is 4. The smallest absolute Gasteiger partial charge is 0.0701 e. The highest BCUT2D eigenvalue weighted by molar-refractivity contribution is 4.43. The quantitative estimate of drug-likeness (QED) is 0.483. The van der Waals surface area contributed by atoms with Crippen molar-refractivity contribution in [3.8, 4) is 0 Å². The maximum Gasteiger partial charge on any atom is 0.0701 e. The molecule has 0 aromatic heterocycles. The van der Waals surface area contributed by atoms with Gasteiger partial charge in [-0.15, -0.1) is 0 Å². The molecular weight excluding hydrogens is 256 g/mol. The average molecular weight is 292 g/mol. The molecule has 0 saturated heterocycles. The summed E-state index contributed by atoms with van der Waals surface area (Å²) in [5, 5.41) is 16.5. The van der Waals surface area contributed by atoms with Crippen LogP contribution in [0.2, 0.25) is 0 Å². The normalized spacial score (nSPS) is 10.2. The summed E-state index contributed by atoms with van der Waals surface area (Å²) in [6.45, 7) is 6.27. The Labute approximate surface area is 125 Å². The minimum absolute atomic E-state index is 0.0417. The van der Waals surface area contributed by atoms with E-state index in [1.54, 1.807) is 0 Å². The van der Waals surface area contributed by atoms with Crippen molar-refractivity contribution in [3.05, 3.63) is 0 Å². The van der Waals surface area contributed by atoms with Crippen molar-refractivity contribution in [1.29, 1.82) is 0 Å². The van der Waals surface area contributed by atoms with E-state index in [9.17, 15) is 0 Å². The Bertz CT molecular complexity index is 110. The lowest BCUT2D eigenvalue weighted by molar-refractivity contribution is 0.0222. The molecule has 0 unspecified atom stereocenters. The van der Waals surface area contributed by atoms with Gasteiger partial charge in [-0.3, -0.25) is 0 Å². The van der Waals surface area contributed by atoms with Gasteiger partial charge in [-0.1, -0.05) is 65.2 Å². The molecule has 0 aliphatic heterocycles. The first-order chi connectivity index (χ1) is 9.83. The molecule has 0 radical (unpaired) electrons. The summed E-state index contributed by atoms with van der Waals surface area (Å²) in [4.78, 5) is 0. The molecule has 0 rings (SSSR count). The lowest BCUT2D eigenvalue weighted by Gasteiger charge is -2.01. The number of aliphatic hydroxyl groups is 2. The maximum absolute atomic E-state index is 8.26. The van der Waals surface area contributed by atoms with Crippen molar-refractivity contribution in [1.82, 2.24) is 0 Å². The Morgan fingerprint density at radius 3 is 1.20 bits per heavy atom. The van der Waals surface area contributed by atoms with Gasteiger partial charge in [0.25, 0.3) is 0 Å². The van der Waals surface area contributed by atoms with E-state index in [0.717, 1.165) is 0 Å². The van der Waals surface area contributed by atoms with E-state index in [1.807, 2.05) is 0 Å². The molecule has 4 heteroatoms. The van der Waals surface area contributed by atoms with Crippen LogP contribution in [0.3, 0.4) is 0 Å². The second-order valence-corrected chi connectivity index (χ2v) is 4.79. The number of ether oxygens (including phenoxy) is 2. The molecule has 0 aromatic rings. The van der Waals surface area contributed by atoms with Crippen molar-refractivity contribution < 1.29 is 19.7 Å². The Morgan fingerprint density at radius 1 is 0.550 bits per heavy atom. The predicted octanol–water partition coefficient (Wildman–Crippen LogP) is 3.15. The van der Waals surface area contributed by atoms with Gasteiger partial charge in [-0.05, 0) is 0 Å². The summed E-state index contributed by atoms with van der Waals surface area (Å²) in [7, 11) is 0. The Hall–Kier alpha value is -0.160. The van der Waals surface area contributed by atoms with Crippen molar-refractivity contribution in [3.63, 3.8) is 0 Å². The standard InChI is InChI=1S/C10H22.C6H14O4/c1-3-5-7-9-10-8-6-4-2;7-1-3-9-5-6-10-4-2-8/h3-10H2,1-2H3;7-8H,1-6H2. The number of unbranched alkanes of at least 4 members (excludes halogenated alkanes) is 7. The van der Waals surface area contributed by atoms with Crippen molar-refractivity contribution in [2.75, 3.05) is 39.6 Å². The van der Waals surface area contributed by atoms with E-state index >= 15 is 0 Å². The van der Waals surface area contributed by atoms with E-state index in [-0.39, 0.29) is 13.2 Å². The highest BCUT2D eigenvalue weighted by Crippen LogP contribution is 2.07. The van der Waals surface area contributed by atoms with Crippen molar-refractivity contribution in [2.24, 2.45) is 0 Å². The Balaban J connectivity index is 0. The van der Waals surface area contributed by atoms with Gasteiger partial charge in [0.1, 0.15) is 0 Å². The molecule has 0 spiro atoms. The fourth-order valence-corrected chi connectivity index (χ4v) is 1.66. The van der Waals surface area contributed by atoms with E-state index in [4.69, 9.17) is 19.7 Å². The fraction of sp³-hybridized carbons (Fsp3) is 1.00. The van der Waals surface area contributed by atoms with Crippen LogP contribution in [0.5, 0.6) is 0 Å². The van der Waals surface area contributed by atoms with Crippen LogP contribution in [0.25, 0.3) is 0 Å². The van der Waals surface area contributed by atoms with Gasteiger partial charge in [-0.25, -0.2) is 0 Å². The molecule has 4 nitrogen and oxygen atoms in total. The van der Waals surface area contributed by atoms with Gasteiger partial charge in [0.05, 0.1) is 39.6 Å². The summed E-state index contributed by atoms with van der Waals surface area (Å²) in [6.07, 6.45) is 11.5. The van der Waals surface area contributed by atoms with Crippen LogP contribution in [0.15, 0.2) is 0 Å². The molecule has 0 saturated carbocycles. The third kappa shape index (κ3) is 26.4. The van der Waals surface area contributed by atoms with Gasteiger partial charge in [0.2, 0.25) is 0 Å². The number of hydrogen-bond donors (Lipinski definition) is 2. The van der Waals surface area contributed by atoms with E-state index in [1.165, 1.54) is 51.4 Å². The third-order valence-corrected chi connectivity index (χ3v) is 2.80. The molecule has 20 heavy (non-hydrogen) atoms. The zero-order chi connectivity index (χ0) is 15.3. The molecule has 2 N–H and O–H groups in total. The first-order valence-electron chi connectivity index (χ1n) is 8.20. The van der Waals surface area contributed by atoms with Crippen LogP contribution >= 0.6 is 0 Å². The van der Waals surface area contributed by atoms with E-state index in [0.29, 0.717) is 26.4 Å². The first-order valence-corrected chi connectivity index (χ1v) is 8.20. The highest BCUT2D eigenvalue weighted by Gasteiger charge is 1.88. The molecule has 0 atom stereocenters. The monoisotopic (exact) mass is 292 g/mol. The largest absolute Gasteiger partial charge is 0.394 e. The van der Waals surface area contributed by atoms with Crippen LogP contribution in [0, 0.1) is 0 Å². The molecule has 0 bridgehead atoms. The van der Waals surface area contributed by atoms with Crippen LogP contribution < -0.4 is 0 Å². The maximum atomic E-state index is 8.26. The summed E-state index contributed by atoms with van der Waals surface area (Å²) < 4.78 is 9.75. The number of aliphatic hydroxyl groups excluding tert-OH is 2. The number of rotatable bonds is 14. The van der Waals surface area contributed by atoms with E-state index < -0.39 is 0 Å². The minimum Gasteiger partial charge on any atom is -0.394 e. The van der Waals surface area contributed by atoms with Gasteiger partial charge < -0.3 is 19.7 Å². The fourth-order valence-electron chi connectivity index (χ4n) is 1.66. The van der Waals surface area contributed by atoms with Crippen LogP contribution in [-0.4, -0.2) is 49.9 Å². The topological polar surface area (TPSA) is 58.9 Å². The third-order valence-electron chi connectivity index (χ3n) is 2.80. The van der Waals surface area contributed by atoms with Crippen LogP contribution in [-0.2, 0) is 9.47 Å². The molecule has 0 aliphatic carbocycles. The predicted molar refractivity (Wildman–Crippen MR) is 84.1 cm³/mol. The molecule has 0 aromatic carbocycles. The second-order valence-electron chi connectivity index (χ2n) is 4.79. The lowest BCUT2D eigenvalue weighted by Crippen LogP contribution is -2.09. The molecule has 0 heterocycles. The van der Waals surface area contributed by atoms with E-state index in [2.05, 4.69) is 13.8 Å². The molecule has 0 amide bonds. The molecule has 0 fully saturated rings. The summed E-state index contributed by atoms with van der Waals surface area (Å²) >= 11 is 0. The van der Waals surface area contributed by atoms with Crippen LogP contribution in [0.4, 0.5) is 0 Å². The Kier molecular flexibility index (Phi) is 26.4. The lowest BCUT2D eigenvalue weighted by atomic mass is 10.1. The summed E-state index contributed by atoms with van der Waals surface area (Å²) in [5.74, 6) is 0. The van der Waals surface area contributed by atoms with Crippen molar-refractivity contribution in [2.45, 2.75) is 65.2 Å². The Morgan fingerprint density at radius 2 is 0.900 bits per heavy atom. The molecular formula is C16H36O4. The van der Waals surface area contributed by atoms with Crippen LogP contribution in [0.1, 0.15) is 65.2 Å². The first kappa shape index (κ1) is 22.1. The molecule has 0 aliphatic rings. The average Bonchev–Trinajstić information content (AvgIpc) is 2.47. The van der Waals surface area contributed by atoms with Gasteiger partial charge in [0.15, 0.2) is 0 Å². The van der Waals surface area contributed by atoms with Crippen molar-refractivity contribution >= 4 is 0 Å². The van der Waals surface area contributed by atoms with Gasteiger partial charge in [-0.2, -0.15) is 0 Å². The zero-order valence-corrected chi connectivity index (χ0v) is 13.6. The molecule has 124 valence electrons. The summed E-state index contributed by atoms with van der Waals surface area (Å²) in [6, 6.07) is 0. The zero-order valence-electron chi connectivity index (χ0n) is 13.6. The highest BCUT2D eigenvalue weighted by atomic mass is 16.5. The van der Waals surface area contributed by atoms with Gasteiger partial charge in [0, 0.05) is 0 Å². The second kappa shape index (κ2) is 23.9. The summed E-state index contributed by atoms with van der Waals surface area (Å²) in [5.41, 5.74) is 0. The minimum atomic E-state index is 0.0417. The SMILES string of the molecule is CCCCCCCCCC.OCCOCCOCCO.